The van der Waals surface area contributed by atoms with Crippen molar-refractivity contribution in [1.29, 1.82) is 0 Å². The lowest BCUT2D eigenvalue weighted by Crippen LogP contribution is -2.39. The zero-order chi connectivity index (χ0) is 10.6. The van der Waals surface area contributed by atoms with Crippen LogP contribution in [0.1, 0.15) is 40.0 Å². The van der Waals surface area contributed by atoms with Gasteiger partial charge in [0.25, 0.3) is 0 Å². The van der Waals surface area contributed by atoms with Crippen LogP contribution >= 0.6 is 0 Å². The predicted octanol–water partition coefficient (Wildman–Crippen LogP) is 1.39. The summed E-state index contributed by atoms with van der Waals surface area (Å²) in [6, 6.07) is 0.956. The molecule has 0 aromatic heterocycles. The quantitative estimate of drug-likeness (QED) is 0.724. The summed E-state index contributed by atoms with van der Waals surface area (Å²) in [6.07, 6.45) is 2.98. The molecule has 14 heavy (non-hydrogen) atoms. The van der Waals surface area contributed by atoms with Gasteiger partial charge in [0.15, 0.2) is 0 Å². The Labute approximate surface area is 86.9 Å². The van der Waals surface area contributed by atoms with Crippen molar-refractivity contribution in [2.75, 3.05) is 13.1 Å². The average molecular weight is 198 g/mol. The van der Waals surface area contributed by atoms with E-state index in [9.17, 15) is 4.79 Å². The van der Waals surface area contributed by atoms with Crippen molar-refractivity contribution >= 4 is 5.91 Å². The molecule has 1 fully saturated rings. The van der Waals surface area contributed by atoms with E-state index in [0.29, 0.717) is 24.4 Å². The molecule has 82 valence electrons. The van der Waals surface area contributed by atoms with Crippen LogP contribution in [-0.4, -0.2) is 36.0 Å². The molecule has 1 rings (SSSR count). The van der Waals surface area contributed by atoms with E-state index in [4.69, 9.17) is 0 Å². The number of nitrogens with zero attached hydrogens (tertiary/aromatic N) is 1. The van der Waals surface area contributed by atoms with Crippen LogP contribution in [0.25, 0.3) is 0 Å². The van der Waals surface area contributed by atoms with E-state index in [1.165, 1.54) is 0 Å². The van der Waals surface area contributed by atoms with Crippen LogP contribution < -0.4 is 5.32 Å². The zero-order valence-corrected chi connectivity index (χ0v) is 9.55. The third-order valence-corrected chi connectivity index (χ3v) is 3.05. The van der Waals surface area contributed by atoms with E-state index >= 15 is 0 Å². The molecule has 1 heterocycles. The maximum absolute atomic E-state index is 11.5. The van der Waals surface area contributed by atoms with Gasteiger partial charge in [0.1, 0.15) is 0 Å². The molecular weight excluding hydrogens is 176 g/mol. The summed E-state index contributed by atoms with van der Waals surface area (Å²) in [5.74, 6) is 0.302. The second-order valence-corrected chi connectivity index (χ2v) is 4.01. The van der Waals surface area contributed by atoms with Gasteiger partial charge in [0.05, 0.1) is 0 Å². The molecule has 1 saturated heterocycles. The summed E-state index contributed by atoms with van der Waals surface area (Å²) in [7, 11) is 0. The highest BCUT2D eigenvalue weighted by molar-refractivity contribution is 5.79. The van der Waals surface area contributed by atoms with Crippen LogP contribution in [0.4, 0.5) is 0 Å². The number of amides is 1. The molecule has 3 nitrogen and oxygen atoms in total. The van der Waals surface area contributed by atoms with Crippen molar-refractivity contribution in [3.63, 3.8) is 0 Å². The largest absolute Gasteiger partial charge is 0.341 e. The summed E-state index contributed by atoms with van der Waals surface area (Å²) >= 11 is 0. The molecule has 0 aromatic carbocycles. The first-order valence-electron chi connectivity index (χ1n) is 5.75. The third-order valence-electron chi connectivity index (χ3n) is 3.05. The van der Waals surface area contributed by atoms with E-state index in [1.807, 2.05) is 11.8 Å². The Morgan fingerprint density at radius 2 is 2.07 bits per heavy atom. The Bertz CT molecular complexity index is 190. The van der Waals surface area contributed by atoms with Gasteiger partial charge < -0.3 is 10.2 Å². The minimum atomic E-state index is 0.302. The van der Waals surface area contributed by atoms with E-state index in [0.717, 1.165) is 25.9 Å². The summed E-state index contributed by atoms with van der Waals surface area (Å²) in [4.78, 5) is 13.4. The van der Waals surface area contributed by atoms with Gasteiger partial charge >= 0.3 is 0 Å². The normalized spacial score (nSPS) is 22.4. The Hall–Kier alpha value is -0.570. The van der Waals surface area contributed by atoms with E-state index in [2.05, 4.69) is 19.2 Å². The highest BCUT2D eigenvalue weighted by atomic mass is 16.2. The third kappa shape index (κ3) is 2.71. The minimum Gasteiger partial charge on any atom is -0.341 e. The van der Waals surface area contributed by atoms with Crippen molar-refractivity contribution in [3.8, 4) is 0 Å². The first kappa shape index (κ1) is 11.5. The zero-order valence-electron chi connectivity index (χ0n) is 9.55. The summed E-state index contributed by atoms with van der Waals surface area (Å²) in [5, 5.41) is 3.55. The smallest absolute Gasteiger partial charge is 0.224 e. The highest BCUT2D eigenvalue weighted by Gasteiger charge is 2.28. The van der Waals surface area contributed by atoms with Crippen molar-refractivity contribution in [2.45, 2.75) is 52.1 Å². The number of likely N-dealkylation sites (N-methyl/N-ethyl adjacent to an activating group) is 1. The molecular formula is C11H22N2O. The number of hydrogen-bond donors (Lipinski definition) is 1. The van der Waals surface area contributed by atoms with Crippen molar-refractivity contribution in [1.82, 2.24) is 10.2 Å². The Kier molecular flexibility index (Phi) is 4.39. The molecule has 0 unspecified atom stereocenters. The molecule has 1 N–H and O–H groups in total. The monoisotopic (exact) mass is 198 g/mol. The molecule has 3 heteroatoms. The molecule has 1 atom stereocenters. The van der Waals surface area contributed by atoms with Crippen LogP contribution in [-0.2, 0) is 4.79 Å². The second kappa shape index (κ2) is 5.35. The van der Waals surface area contributed by atoms with Gasteiger partial charge in [0.2, 0.25) is 5.91 Å². The number of rotatable bonds is 5. The number of nitrogens with one attached hydrogen (secondary N) is 1. The first-order chi connectivity index (χ1) is 6.71. The first-order valence-corrected chi connectivity index (χ1v) is 5.75. The van der Waals surface area contributed by atoms with Gasteiger partial charge in [0, 0.05) is 31.6 Å². The van der Waals surface area contributed by atoms with Crippen LogP contribution in [0.2, 0.25) is 0 Å². The van der Waals surface area contributed by atoms with Crippen molar-refractivity contribution < 1.29 is 4.79 Å². The van der Waals surface area contributed by atoms with Gasteiger partial charge in [-0.2, -0.15) is 0 Å². The van der Waals surface area contributed by atoms with Crippen LogP contribution in [0.5, 0.6) is 0 Å². The number of carbonyl (C=O) groups excluding carboxylic acids is 1. The lowest BCUT2D eigenvalue weighted by Gasteiger charge is -2.20. The molecule has 0 saturated carbocycles. The maximum Gasteiger partial charge on any atom is 0.224 e. The Morgan fingerprint density at radius 3 is 2.50 bits per heavy atom. The van der Waals surface area contributed by atoms with Gasteiger partial charge in [-0.15, -0.1) is 0 Å². The van der Waals surface area contributed by atoms with Crippen LogP contribution in [0.3, 0.4) is 0 Å². The van der Waals surface area contributed by atoms with Gasteiger partial charge in [-0.3, -0.25) is 4.79 Å². The van der Waals surface area contributed by atoms with Crippen molar-refractivity contribution in [2.24, 2.45) is 0 Å². The SMILES string of the molecule is CCC(CC)N[C@@H]1CC(=O)N(CC)C1. The van der Waals surface area contributed by atoms with E-state index in [-0.39, 0.29) is 0 Å². The molecule has 1 aliphatic heterocycles. The molecule has 0 aromatic rings. The predicted molar refractivity (Wildman–Crippen MR) is 58.2 cm³/mol. The second-order valence-electron chi connectivity index (χ2n) is 4.01. The van der Waals surface area contributed by atoms with Crippen molar-refractivity contribution in [3.05, 3.63) is 0 Å². The van der Waals surface area contributed by atoms with E-state index < -0.39 is 0 Å². The summed E-state index contributed by atoms with van der Waals surface area (Å²) in [6.45, 7) is 8.16. The Morgan fingerprint density at radius 1 is 1.43 bits per heavy atom. The highest BCUT2D eigenvalue weighted by Crippen LogP contribution is 2.12. The molecule has 1 aliphatic rings. The lowest BCUT2D eigenvalue weighted by atomic mass is 10.1. The standard InChI is InChI=1S/C11H22N2O/c1-4-9(5-2)12-10-7-11(14)13(6-3)8-10/h9-10,12H,4-8H2,1-3H3/t10-/m1/s1. The molecule has 0 spiro atoms. The fraction of sp³-hybridized carbons (Fsp3) is 0.909. The number of hydrogen-bond acceptors (Lipinski definition) is 2. The maximum atomic E-state index is 11.5. The average Bonchev–Trinajstić information content (AvgIpc) is 2.55. The van der Waals surface area contributed by atoms with Gasteiger partial charge in [-0.1, -0.05) is 13.8 Å². The molecule has 0 radical (unpaired) electrons. The Balaban J connectivity index is 2.37. The van der Waals surface area contributed by atoms with Crippen LogP contribution in [0.15, 0.2) is 0 Å². The molecule has 1 amide bonds. The number of likely N-dealkylation sites (tertiary alicyclic amines) is 1. The lowest BCUT2D eigenvalue weighted by molar-refractivity contribution is -0.127. The van der Waals surface area contributed by atoms with Gasteiger partial charge in [-0.25, -0.2) is 0 Å². The summed E-state index contributed by atoms with van der Waals surface area (Å²) in [5.41, 5.74) is 0. The van der Waals surface area contributed by atoms with Gasteiger partial charge in [-0.05, 0) is 19.8 Å². The minimum absolute atomic E-state index is 0.302. The fourth-order valence-corrected chi connectivity index (χ4v) is 2.05. The number of carbonyl (C=O) groups is 1. The molecule has 0 aliphatic carbocycles. The van der Waals surface area contributed by atoms with Crippen LogP contribution in [0, 0.1) is 0 Å². The fourth-order valence-electron chi connectivity index (χ4n) is 2.05. The topological polar surface area (TPSA) is 32.3 Å². The van der Waals surface area contributed by atoms with E-state index in [1.54, 1.807) is 0 Å². The molecule has 0 bridgehead atoms. The summed E-state index contributed by atoms with van der Waals surface area (Å²) < 4.78 is 0.